The van der Waals surface area contributed by atoms with E-state index >= 15 is 0 Å². The van der Waals surface area contributed by atoms with Gasteiger partial charge in [-0.05, 0) is 53.2 Å². The summed E-state index contributed by atoms with van der Waals surface area (Å²) in [5.74, 6) is -3.07. The molecule has 0 aliphatic heterocycles. The van der Waals surface area contributed by atoms with Crippen molar-refractivity contribution in [3.05, 3.63) is 70.0 Å². The van der Waals surface area contributed by atoms with Gasteiger partial charge in [0, 0.05) is 35.4 Å². The number of phenols is 1. The molecule has 3 aromatic rings. The molecule has 0 saturated heterocycles. The standard InChI is InChI=1S/C22H18BrF3N2O4S/c1-11(9-27)32-20-3-2-13(24)6-15(20)14-7-19(18(26)8-17(14)25)28-33(31)21-5-12(10-29)4-16(23)22(21)30/h2-8,10-11,28,30H,9,27H2,1H3. The quantitative estimate of drug-likeness (QED) is 0.275. The molecule has 11 heteroatoms. The average molecular weight is 543 g/mol. The number of benzene rings is 3. The molecule has 0 saturated carbocycles. The third kappa shape index (κ3) is 5.61. The number of hydrogen-bond donors (Lipinski definition) is 3. The van der Waals surface area contributed by atoms with Crippen molar-refractivity contribution in [2.45, 2.75) is 17.9 Å². The van der Waals surface area contributed by atoms with Crippen LogP contribution in [0.15, 0.2) is 51.8 Å². The molecule has 0 heterocycles. The van der Waals surface area contributed by atoms with E-state index in [1.165, 1.54) is 12.1 Å². The van der Waals surface area contributed by atoms with Gasteiger partial charge in [-0.1, -0.05) is 0 Å². The summed E-state index contributed by atoms with van der Waals surface area (Å²) in [5.41, 5.74) is 5.05. The summed E-state index contributed by atoms with van der Waals surface area (Å²) in [6.45, 7) is 1.82. The number of ether oxygens (including phenoxy) is 1. The van der Waals surface area contributed by atoms with Gasteiger partial charge in [-0.15, -0.1) is 0 Å². The topological polar surface area (TPSA) is 108 Å². The maximum absolute atomic E-state index is 14.7. The third-order valence-electron chi connectivity index (χ3n) is 4.54. The van der Waals surface area contributed by atoms with E-state index in [0.717, 1.165) is 24.3 Å². The van der Waals surface area contributed by atoms with Gasteiger partial charge in [-0.2, -0.15) is 0 Å². The molecule has 6 nitrogen and oxygen atoms in total. The molecule has 33 heavy (non-hydrogen) atoms. The summed E-state index contributed by atoms with van der Waals surface area (Å²) in [7, 11) is 0. The van der Waals surface area contributed by atoms with Crippen LogP contribution < -0.4 is 15.2 Å². The molecule has 0 amide bonds. The SMILES string of the molecule is CC(CN)Oc1ccc(F)cc1-c1cc(N[S+]([O-])c2cc(C=O)cc(Br)c2O)c(F)cc1F. The lowest BCUT2D eigenvalue weighted by molar-refractivity contribution is 0.112. The fourth-order valence-corrected chi connectivity index (χ4v) is 4.48. The van der Waals surface area contributed by atoms with Crippen molar-refractivity contribution in [1.82, 2.24) is 0 Å². The minimum absolute atomic E-state index is 0.00447. The Bertz CT molecular complexity index is 1200. The number of halogens is 4. The summed E-state index contributed by atoms with van der Waals surface area (Å²) < 4.78 is 64.0. The second-order valence-corrected chi connectivity index (χ2v) is 8.99. The lowest BCUT2D eigenvalue weighted by atomic mass is 10.0. The number of carbonyl (C=O) groups is 1. The van der Waals surface area contributed by atoms with E-state index in [0.29, 0.717) is 12.4 Å². The minimum Gasteiger partial charge on any atom is -0.588 e. The van der Waals surface area contributed by atoms with E-state index < -0.39 is 40.7 Å². The van der Waals surface area contributed by atoms with Crippen LogP contribution >= 0.6 is 15.9 Å². The molecule has 0 bridgehead atoms. The molecule has 0 aliphatic rings. The van der Waals surface area contributed by atoms with Crippen molar-refractivity contribution in [3.63, 3.8) is 0 Å². The highest BCUT2D eigenvalue weighted by Crippen LogP contribution is 2.38. The van der Waals surface area contributed by atoms with Crippen LogP contribution in [0.4, 0.5) is 18.9 Å². The molecule has 3 aromatic carbocycles. The van der Waals surface area contributed by atoms with E-state index in [4.69, 9.17) is 10.5 Å². The predicted octanol–water partition coefficient (Wildman–Crippen LogP) is 4.91. The summed E-state index contributed by atoms with van der Waals surface area (Å²) in [6.07, 6.45) is 0.0179. The Balaban J connectivity index is 2.04. The van der Waals surface area contributed by atoms with Crippen LogP contribution in [0.25, 0.3) is 11.1 Å². The third-order valence-corrected chi connectivity index (χ3v) is 6.26. The zero-order valence-corrected chi connectivity index (χ0v) is 19.5. The maximum atomic E-state index is 14.7. The Morgan fingerprint density at radius 1 is 1.18 bits per heavy atom. The van der Waals surface area contributed by atoms with Crippen LogP contribution in [0.3, 0.4) is 0 Å². The highest BCUT2D eigenvalue weighted by atomic mass is 79.9. The first kappa shape index (κ1) is 24.9. The zero-order chi connectivity index (χ0) is 24.3. The summed E-state index contributed by atoms with van der Waals surface area (Å²) in [6, 6.07) is 7.47. The van der Waals surface area contributed by atoms with Gasteiger partial charge >= 0.3 is 0 Å². The number of nitrogens with one attached hydrogen (secondary N) is 1. The molecular weight excluding hydrogens is 525 g/mol. The van der Waals surface area contributed by atoms with Crippen molar-refractivity contribution in [2.24, 2.45) is 5.73 Å². The lowest BCUT2D eigenvalue weighted by Gasteiger charge is -2.18. The number of hydrogen-bond acceptors (Lipinski definition) is 6. The molecule has 174 valence electrons. The summed E-state index contributed by atoms with van der Waals surface area (Å²) in [4.78, 5) is 10.9. The Morgan fingerprint density at radius 3 is 2.58 bits per heavy atom. The minimum atomic E-state index is -2.24. The Labute approximate surface area is 199 Å². The summed E-state index contributed by atoms with van der Waals surface area (Å²) in [5, 5.41) is 10.2. The molecule has 2 unspecified atom stereocenters. The second-order valence-electron chi connectivity index (χ2n) is 6.95. The number of carbonyl (C=O) groups excluding carboxylic acids is 1. The smallest absolute Gasteiger partial charge is 0.223 e. The highest BCUT2D eigenvalue weighted by Gasteiger charge is 2.24. The van der Waals surface area contributed by atoms with Gasteiger partial charge in [0.1, 0.15) is 46.8 Å². The van der Waals surface area contributed by atoms with Crippen molar-refractivity contribution in [3.8, 4) is 22.6 Å². The molecule has 0 fully saturated rings. The number of aromatic hydroxyl groups is 1. The van der Waals surface area contributed by atoms with Gasteiger partial charge in [-0.3, -0.25) is 4.79 Å². The molecule has 0 aromatic heterocycles. The largest absolute Gasteiger partial charge is 0.588 e. The van der Waals surface area contributed by atoms with Crippen LogP contribution in [-0.4, -0.2) is 28.6 Å². The first-order valence-electron chi connectivity index (χ1n) is 9.46. The first-order valence-corrected chi connectivity index (χ1v) is 11.4. The van der Waals surface area contributed by atoms with Crippen molar-refractivity contribution in [2.75, 3.05) is 11.3 Å². The van der Waals surface area contributed by atoms with E-state index in [2.05, 4.69) is 20.7 Å². The Hall–Kier alpha value is -2.73. The molecule has 0 spiro atoms. The zero-order valence-electron chi connectivity index (χ0n) is 17.1. The van der Waals surface area contributed by atoms with Crippen LogP contribution in [-0.2, 0) is 11.4 Å². The number of anilines is 1. The van der Waals surface area contributed by atoms with E-state index in [1.54, 1.807) is 6.92 Å². The fourth-order valence-electron chi connectivity index (χ4n) is 2.87. The van der Waals surface area contributed by atoms with Gasteiger partial charge in [-0.25, -0.2) is 17.9 Å². The number of rotatable bonds is 8. The molecular formula is C22H18BrF3N2O4S. The second kappa shape index (κ2) is 10.5. The van der Waals surface area contributed by atoms with Crippen LogP contribution in [0.2, 0.25) is 0 Å². The number of nitrogens with two attached hydrogens (primary N) is 1. The number of aldehydes is 1. The van der Waals surface area contributed by atoms with Gasteiger partial charge < -0.3 is 20.1 Å². The van der Waals surface area contributed by atoms with Crippen LogP contribution in [0, 0.1) is 17.5 Å². The van der Waals surface area contributed by atoms with Crippen LogP contribution in [0.1, 0.15) is 17.3 Å². The van der Waals surface area contributed by atoms with Gasteiger partial charge in [0.15, 0.2) is 11.6 Å². The van der Waals surface area contributed by atoms with E-state index in [9.17, 15) is 27.6 Å². The molecule has 3 rings (SSSR count). The molecule has 0 radical (unpaired) electrons. The van der Waals surface area contributed by atoms with E-state index in [-0.39, 0.29) is 44.0 Å². The lowest BCUT2D eigenvalue weighted by Crippen LogP contribution is -2.23. The molecule has 0 aliphatic carbocycles. The van der Waals surface area contributed by atoms with E-state index in [1.807, 2.05) is 0 Å². The monoisotopic (exact) mass is 542 g/mol. The van der Waals surface area contributed by atoms with Crippen molar-refractivity contribution in [1.29, 1.82) is 0 Å². The molecule has 4 N–H and O–H groups in total. The molecule has 2 atom stereocenters. The normalized spacial score (nSPS) is 12.8. The van der Waals surface area contributed by atoms with Crippen molar-refractivity contribution >= 4 is 39.3 Å². The van der Waals surface area contributed by atoms with Crippen molar-refractivity contribution < 1.29 is 32.4 Å². The maximum Gasteiger partial charge on any atom is 0.223 e. The van der Waals surface area contributed by atoms with Gasteiger partial charge in [0.25, 0.3) is 0 Å². The predicted molar refractivity (Wildman–Crippen MR) is 122 cm³/mol. The number of phenolic OH excluding ortho intramolecular Hbond substituents is 1. The Morgan fingerprint density at radius 2 is 1.91 bits per heavy atom. The summed E-state index contributed by atoms with van der Waals surface area (Å²) >= 11 is 0.802. The van der Waals surface area contributed by atoms with Gasteiger partial charge in [0.05, 0.1) is 4.47 Å². The van der Waals surface area contributed by atoms with Gasteiger partial charge in [0.2, 0.25) is 4.90 Å². The Kier molecular flexibility index (Phi) is 7.90. The van der Waals surface area contributed by atoms with Crippen LogP contribution in [0.5, 0.6) is 11.5 Å². The fraction of sp³-hybridized carbons (Fsp3) is 0.136. The first-order chi connectivity index (χ1) is 15.6. The highest BCUT2D eigenvalue weighted by molar-refractivity contribution is 9.10. The average Bonchev–Trinajstić information content (AvgIpc) is 2.78.